The van der Waals surface area contributed by atoms with E-state index in [1.165, 1.54) is 12.1 Å². The van der Waals surface area contributed by atoms with Crippen LogP contribution in [0.4, 0.5) is 4.39 Å². The van der Waals surface area contributed by atoms with Crippen LogP contribution in [0.15, 0.2) is 89.1 Å². The number of aromatic nitrogens is 1. The minimum atomic E-state index is -3.71. The molecule has 4 aromatic rings. The van der Waals surface area contributed by atoms with Gasteiger partial charge in [-0.2, -0.15) is 0 Å². The van der Waals surface area contributed by atoms with Gasteiger partial charge in [0.25, 0.3) is 0 Å². The fraction of sp³-hybridized carbons (Fsp3) is 0.0455. The van der Waals surface area contributed by atoms with Crippen LogP contribution in [0.1, 0.15) is 5.56 Å². The number of nitrogens with one attached hydrogen (secondary N) is 1. The van der Waals surface area contributed by atoms with E-state index >= 15 is 0 Å². The zero-order valence-electron chi connectivity index (χ0n) is 15.2. The van der Waals surface area contributed by atoms with Crippen molar-refractivity contribution in [2.24, 2.45) is 0 Å². The minimum absolute atomic E-state index is 0.0301. The van der Waals surface area contributed by atoms with E-state index in [0.717, 1.165) is 39.5 Å². The van der Waals surface area contributed by atoms with E-state index in [2.05, 4.69) is 4.72 Å². The van der Waals surface area contributed by atoms with Crippen molar-refractivity contribution >= 4 is 21.4 Å². The fourth-order valence-electron chi connectivity index (χ4n) is 2.84. The highest BCUT2D eigenvalue weighted by Crippen LogP contribution is 2.29. The Balaban J connectivity index is 1.51. The predicted molar refractivity (Wildman–Crippen MR) is 113 cm³/mol. The lowest BCUT2D eigenvalue weighted by atomic mass is 10.1. The van der Waals surface area contributed by atoms with Crippen molar-refractivity contribution in [1.29, 1.82) is 0 Å². The van der Waals surface area contributed by atoms with Gasteiger partial charge < -0.3 is 0 Å². The molecule has 0 radical (unpaired) electrons. The van der Waals surface area contributed by atoms with Crippen molar-refractivity contribution in [3.8, 4) is 21.8 Å². The van der Waals surface area contributed by atoms with Gasteiger partial charge in [0.15, 0.2) is 0 Å². The van der Waals surface area contributed by atoms with E-state index in [9.17, 15) is 12.8 Å². The van der Waals surface area contributed by atoms with Crippen LogP contribution in [0.25, 0.3) is 21.8 Å². The van der Waals surface area contributed by atoms with Gasteiger partial charge in [-0.15, -0.1) is 11.3 Å². The Morgan fingerprint density at radius 3 is 2.38 bits per heavy atom. The highest BCUT2D eigenvalue weighted by atomic mass is 32.2. The van der Waals surface area contributed by atoms with Crippen LogP contribution in [-0.2, 0) is 16.6 Å². The topological polar surface area (TPSA) is 59.1 Å². The van der Waals surface area contributed by atoms with E-state index in [1.54, 1.807) is 11.3 Å². The monoisotopic (exact) mass is 424 g/mol. The standard InChI is InChI=1S/C22H17FN2O2S2/c23-19-9-11-20(12-10-19)29(26,27)24-14-16-5-4-8-18(13-16)22-25-21(15-28-22)17-6-2-1-3-7-17/h1-13,15,24H,14H2. The second-order valence-electron chi connectivity index (χ2n) is 6.38. The van der Waals surface area contributed by atoms with Gasteiger partial charge in [0.05, 0.1) is 10.6 Å². The molecule has 0 fully saturated rings. The molecule has 1 N–H and O–H groups in total. The van der Waals surface area contributed by atoms with Gasteiger partial charge in [-0.05, 0) is 35.9 Å². The summed E-state index contributed by atoms with van der Waals surface area (Å²) in [6, 6.07) is 22.3. The van der Waals surface area contributed by atoms with Gasteiger partial charge in [0, 0.05) is 23.1 Å². The van der Waals surface area contributed by atoms with Gasteiger partial charge in [-0.3, -0.25) is 0 Å². The lowest BCUT2D eigenvalue weighted by Crippen LogP contribution is -2.23. The van der Waals surface area contributed by atoms with Crippen molar-refractivity contribution < 1.29 is 12.8 Å². The van der Waals surface area contributed by atoms with E-state index in [1.807, 2.05) is 60.0 Å². The number of hydrogen-bond acceptors (Lipinski definition) is 4. The number of sulfonamides is 1. The zero-order chi connectivity index (χ0) is 20.3. The van der Waals surface area contributed by atoms with Crippen LogP contribution in [0.5, 0.6) is 0 Å². The molecule has 0 saturated carbocycles. The number of rotatable bonds is 6. The smallest absolute Gasteiger partial charge is 0.236 e. The van der Waals surface area contributed by atoms with Gasteiger partial charge in [-0.25, -0.2) is 22.5 Å². The molecule has 0 spiro atoms. The highest BCUT2D eigenvalue weighted by molar-refractivity contribution is 7.89. The van der Waals surface area contributed by atoms with E-state index in [4.69, 9.17) is 4.98 Å². The minimum Gasteiger partial charge on any atom is -0.236 e. The average molecular weight is 425 g/mol. The summed E-state index contributed by atoms with van der Waals surface area (Å²) in [7, 11) is -3.71. The third-order valence-electron chi connectivity index (χ3n) is 4.34. The maximum absolute atomic E-state index is 13.0. The Kier molecular flexibility index (Phi) is 5.53. The molecule has 3 aromatic carbocycles. The van der Waals surface area contributed by atoms with Crippen molar-refractivity contribution in [3.63, 3.8) is 0 Å². The lowest BCUT2D eigenvalue weighted by molar-refractivity contribution is 0.580. The van der Waals surface area contributed by atoms with E-state index in [-0.39, 0.29) is 11.4 Å². The summed E-state index contributed by atoms with van der Waals surface area (Å²) in [4.78, 5) is 4.73. The van der Waals surface area contributed by atoms with Crippen LogP contribution in [0, 0.1) is 5.82 Å². The Morgan fingerprint density at radius 2 is 1.62 bits per heavy atom. The lowest BCUT2D eigenvalue weighted by Gasteiger charge is -2.08. The second-order valence-corrected chi connectivity index (χ2v) is 9.01. The summed E-state index contributed by atoms with van der Waals surface area (Å²) in [6.45, 7) is 0.129. The molecule has 1 heterocycles. The van der Waals surface area contributed by atoms with Gasteiger partial charge >= 0.3 is 0 Å². The van der Waals surface area contributed by atoms with Crippen molar-refractivity contribution in [2.45, 2.75) is 11.4 Å². The van der Waals surface area contributed by atoms with Gasteiger partial charge in [0.1, 0.15) is 10.8 Å². The van der Waals surface area contributed by atoms with Crippen molar-refractivity contribution in [1.82, 2.24) is 9.71 Å². The van der Waals surface area contributed by atoms with Gasteiger partial charge in [0.2, 0.25) is 10.0 Å². The number of hydrogen-bond donors (Lipinski definition) is 1. The molecule has 0 aliphatic carbocycles. The van der Waals surface area contributed by atoms with Crippen molar-refractivity contribution in [3.05, 3.63) is 95.6 Å². The first-order valence-corrected chi connectivity index (χ1v) is 11.2. The van der Waals surface area contributed by atoms with Gasteiger partial charge in [-0.1, -0.05) is 48.5 Å². The molecule has 0 aliphatic rings. The Hall–Kier alpha value is -2.87. The van der Waals surface area contributed by atoms with Crippen LogP contribution in [0.2, 0.25) is 0 Å². The zero-order valence-corrected chi connectivity index (χ0v) is 16.9. The van der Waals surface area contributed by atoms with E-state index < -0.39 is 15.8 Å². The Labute approximate surface area is 172 Å². The maximum atomic E-state index is 13.0. The summed E-state index contributed by atoms with van der Waals surface area (Å²) in [5, 5.41) is 2.88. The van der Waals surface area contributed by atoms with Crippen LogP contribution in [0.3, 0.4) is 0 Å². The largest absolute Gasteiger partial charge is 0.240 e. The first kappa shape index (κ1) is 19.4. The molecule has 7 heteroatoms. The molecule has 29 heavy (non-hydrogen) atoms. The molecule has 0 saturated heterocycles. The summed E-state index contributed by atoms with van der Waals surface area (Å²) >= 11 is 1.54. The molecule has 0 amide bonds. The molecule has 0 atom stereocenters. The van der Waals surface area contributed by atoms with Crippen molar-refractivity contribution in [2.75, 3.05) is 0 Å². The van der Waals surface area contributed by atoms with Crippen LogP contribution in [-0.4, -0.2) is 13.4 Å². The van der Waals surface area contributed by atoms with E-state index in [0.29, 0.717) is 0 Å². The average Bonchev–Trinajstić information content (AvgIpc) is 3.24. The molecular weight excluding hydrogens is 407 g/mol. The Morgan fingerprint density at radius 1 is 0.897 bits per heavy atom. The first-order chi connectivity index (χ1) is 14.0. The summed E-state index contributed by atoms with van der Waals surface area (Å²) in [5.41, 5.74) is 3.70. The number of halogens is 1. The number of thiazole rings is 1. The second kappa shape index (κ2) is 8.24. The molecule has 146 valence electrons. The molecule has 4 rings (SSSR count). The normalized spacial score (nSPS) is 11.5. The molecule has 0 bridgehead atoms. The third kappa shape index (κ3) is 4.59. The third-order valence-corrected chi connectivity index (χ3v) is 6.65. The summed E-state index contributed by atoms with van der Waals surface area (Å²) < 4.78 is 40.4. The highest BCUT2D eigenvalue weighted by Gasteiger charge is 2.14. The number of benzene rings is 3. The summed E-state index contributed by atoms with van der Waals surface area (Å²) in [5.74, 6) is -0.477. The summed E-state index contributed by atoms with van der Waals surface area (Å²) in [6.07, 6.45) is 0. The van der Waals surface area contributed by atoms with Crippen LogP contribution >= 0.6 is 11.3 Å². The fourth-order valence-corrected chi connectivity index (χ4v) is 4.68. The maximum Gasteiger partial charge on any atom is 0.240 e. The molecule has 1 aromatic heterocycles. The van der Waals surface area contributed by atoms with Crippen LogP contribution < -0.4 is 4.72 Å². The quantitative estimate of drug-likeness (QED) is 0.469. The predicted octanol–water partition coefficient (Wildman–Crippen LogP) is 5.09. The first-order valence-electron chi connectivity index (χ1n) is 8.87. The molecular formula is C22H17FN2O2S2. The number of nitrogens with zero attached hydrogens (tertiary/aromatic N) is 1. The Bertz CT molecular complexity index is 1220. The SMILES string of the molecule is O=S(=O)(NCc1cccc(-c2nc(-c3ccccc3)cs2)c1)c1ccc(F)cc1. The molecule has 0 unspecified atom stereocenters. The molecule has 0 aliphatic heterocycles. The molecule has 4 nitrogen and oxygen atoms in total.